The van der Waals surface area contributed by atoms with Crippen LogP contribution in [0.2, 0.25) is 0 Å². The number of aromatic carboxylic acids is 1. The topological polar surface area (TPSA) is 332 Å². The average Bonchev–Trinajstić information content (AvgIpc) is 4.46. The van der Waals surface area contributed by atoms with Gasteiger partial charge in [0.05, 0.1) is 56.3 Å². The maximum atomic E-state index is 12.8. The van der Waals surface area contributed by atoms with Crippen LogP contribution in [0.25, 0.3) is 32.7 Å². The molecule has 1 aliphatic rings. The van der Waals surface area contributed by atoms with Crippen LogP contribution in [-0.4, -0.2) is 150 Å². The maximum Gasteiger partial charge on any atom is 0.355 e. The van der Waals surface area contributed by atoms with Crippen molar-refractivity contribution in [3.05, 3.63) is 155 Å². The number of aryl methyl sites for hydroxylation is 3. The van der Waals surface area contributed by atoms with E-state index in [0.29, 0.717) is 64.2 Å². The number of aromatic nitrogens is 6. The molecule has 3 aromatic carbocycles. The Morgan fingerprint density at radius 2 is 0.988 bits per heavy atom. The molecule has 0 atom stereocenters. The van der Waals surface area contributed by atoms with Crippen molar-refractivity contribution in [2.75, 3.05) is 65.9 Å². The number of nitrogens with one attached hydrogen (secondary N) is 4. The number of carbonyl (C=O) groups is 6. The normalized spacial score (nSPS) is 11.5. The zero-order valence-corrected chi connectivity index (χ0v) is 49.8. The number of carboxylic acid groups (broad SMARTS) is 1. The zero-order valence-electron chi connectivity index (χ0n) is 44.3. The summed E-state index contributed by atoms with van der Waals surface area (Å²) in [6.07, 6.45) is 7.51. The van der Waals surface area contributed by atoms with Gasteiger partial charge in [0, 0.05) is 114 Å². The fraction of sp³-hybridized carbons (Fsp3) is 0.278. The van der Waals surface area contributed by atoms with Crippen LogP contribution in [0, 0.1) is 20.8 Å². The number of benzene rings is 3. The largest absolute Gasteiger partial charge is 0.476 e. The SMILES string of the molecule is C1CCOC1.Cc1sc(C(=O)c2c[nH]c3ccccc23)nc1C(=O)Cl.Cc1sc(C(=O)c2c[nH]c3ccccc23)nc1C(=O)NCCOCCO.Cc1sc(C(=O)c2c[nH]c3ccccc23)nc1C(=O)O.NCCOCCO.O=S(Cl)Cl. The van der Waals surface area contributed by atoms with E-state index in [2.05, 4.69) is 56.6 Å². The molecule has 1 amide bonds. The number of fused-ring (bicyclic) bond motifs is 3. The summed E-state index contributed by atoms with van der Waals surface area (Å²) in [4.78, 5) is 95.4. The number of halogens is 3. The van der Waals surface area contributed by atoms with Gasteiger partial charge in [0.15, 0.2) is 20.7 Å². The molecule has 82 heavy (non-hydrogen) atoms. The highest BCUT2D eigenvalue weighted by molar-refractivity contribution is 8.26. The molecular formula is C54H57Cl3N8O13S4. The monoisotopic (exact) mass is 1260 g/mol. The van der Waals surface area contributed by atoms with E-state index in [-0.39, 0.29) is 75.2 Å². The number of H-pyrrole nitrogens is 3. The molecule has 10 rings (SSSR count). The molecule has 0 radical (unpaired) electrons. The third kappa shape index (κ3) is 19.3. The van der Waals surface area contributed by atoms with Gasteiger partial charge in [-0.3, -0.25) is 24.0 Å². The molecule has 436 valence electrons. The van der Waals surface area contributed by atoms with E-state index in [0.717, 1.165) is 57.3 Å². The molecule has 9 N–H and O–H groups in total. The summed E-state index contributed by atoms with van der Waals surface area (Å²) in [5.74, 6) is -2.13. The third-order valence-corrected chi connectivity index (χ3v) is 14.3. The number of carboxylic acids is 1. The summed E-state index contributed by atoms with van der Waals surface area (Å²) in [6.45, 7) is 9.47. The summed E-state index contributed by atoms with van der Waals surface area (Å²) in [5, 5.41) is 31.0. The predicted octanol–water partition coefficient (Wildman–Crippen LogP) is 9.10. The van der Waals surface area contributed by atoms with E-state index in [4.69, 9.17) is 51.1 Å². The van der Waals surface area contributed by atoms with Gasteiger partial charge >= 0.3 is 5.97 Å². The fourth-order valence-corrected chi connectivity index (χ4v) is 10.3. The lowest BCUT2D eigenvalue weighted by Crippen LogP contribution is -2.28. The highest BCUT2D eigenvalue weighted by Crippen LogP contribution is 2.28. The van der Waals surface area contributed by atoms with E-state index < -0.39 is 20.4 Å². The molecule has 7 heterocycles. The number of hydrogen-bond acceptors (Lipinski definition) is 19. The summed E-state index contributed by atoms with van der Waals surface area (Å²) in [6, 6.07) is 22.5. The van der Waals surface area contributed by atoms with Crippen LogP contribution < -0.4 is 11.1 Å². The van der Waals surface area contributed by atoms with Gasteiger partial charge in [0.25, 0.3) is 11.1 Å². The van der Waals surface area contributed by atoms with Crippen LogP contribution in [0.5, 0.6) is 0 Å². The summed E-state index contributed by atoms with van der Waals surface area (Å²) < 4.78 is 23.9. The Balaban J connectivity index is 0.000000200. The fourth-order valence-electron chi connectivity index (χ4n) is 7.44. The van der Waals surface area contributed by atoms with Crippen molar-refractivity contribution in [2.24, 2.45) is 5.73 Å². The Hall–Kier alpha value is -6.43. The first-order valence-electron chi connectivity index (χ1n) is 24.8. The number of hydrogen-bond donors (Lipinski definition) is 8. The number of rotatable bonds is 18. The van der Waals surface area contributed by atoms with E-state index in [1.165, 1.54) is 35.5 Å². The molecule has 21 nitrogen and oxygen atoms in total. The minimum Gasteiger partial charge on any atom is -0.476 e. The van der Waals surface area contributed by atoms with E-state index in [9.17, 15) is 28.8 Å². The number of aliphatic hydroxyl groups is 2. The number of aromatic amines is 3. The van der Waals surface area contributed by atoms with E-state index in [1.807, 2.05) is 72.8 Å². The Labute approximate surface area is 498 Å². The predicted molar refractivity (Wildman–Crippen MR) is 320 cm³/mol. The lowest BCUT2D eigenvalue weighted by molar-refractivity contribution is 0.0689. The van der Waals surface area contributed by atoms with Crippen molar-refractivity contribution in [2.45, 2.75) is 33.6 Å². The molecule has 28 heteroatoms. The lowest BCUT2D eigenvalue weighted by atomic mass is 10.1. The number of carbonyl (C=O) groups excluding carboxylic acids is 5. The maximum absolute atomic E-state index is 12.8. The highest BCUT2D eigenvalue weighted by Gasteiger charge is 2.25. The third-order valence-electron chi connectivity index (χ3n) is 11.2. The number of aliphatic hydroxyl groups excluding tert-OH is 2. The number of nitrogens with two attached hydrogens (primary N) is 1. The van der Waals surface area contributed by atoms with E-state index >= 15 is 0 Å². The van der Waals surface area contributed by atoms with Gasteiger partial charge in [-0.1, -0.05) is 54.6 Å². The summed E-state index contributed by atoms with van der Waals surface area (Å²) in [7, 11) is 7.36. The highest BCUT2D eigenvalue weighted by atomic mass is 36.0. The average molecular weight is 1260 g/mol. The van der Waals surface area contributed by atoms with Gasteiger partial charge in [-0.05, 0) is 63.4 Å². The number of ketones is 3. The number of ether oxygens (including phenoxy) is 3. The van der Waals surface area contributed by atoms with Gasteiger partial charge in [0.2, 0.25) is 26.6 Å². The molecule has 0 bridgehead atoms. The Bertz CT molecular complexity index is 3450. The van der Waals surface area contributed by atoms with Crippen molar-refractivity contribution >= 4 is 143 Å². The molecule has 6 aromatic heterocycles. The first kappa shape index (κ1) is 66.4. The van der Waals surface area contributed by atoms with Gasteiger partial charge in [-0.15, -0.1) is 34.0 Å². The van der Waals surface area contributed by atoms with Crippen molar-refractivity contribution in [3.8, 4) is 0 Å². The molecule has 0 unspecified atom stereocenters. The quantitative estimate of drug-likeness (QED) is 0.0225. The smallest absolute Gasteiger partial charge is 0.355 e. The number of amides is 1. The Kier molecular flexibility index (Phi) is 27.7. The van der Waals surface area contributed by atoms with E-state index in [1.54, 1.807) is 39.4 Å². The Morgan fingerprint density at radius 1 is 0.622 bits per heavy atom. The second kappa shape index (κ2) is 34.2. The van der Waals surface area contributed by atoms with Gasteiger partial charge in [-0.25, -0.2) is 24.0 Å². The van der Waals surface area contributed by atoms with Gasteiger partial charge in [-0.2, -0.15) is 0 Å². The minimum atomic E-state index is -1.67. The van der Waals surface area contributed by atoms with Crippen LogP contribution in [0.15, 0.2) is 91.4 Å². The second-order valence-corrected chi connectivity index (χ2v) is 23.3. The van der Waals surface area contributed by atoms with Crippen LogP contribution in [-0.2, 0) is 23.4 Å². The minimum absolute atomic E-state index is 0.0571. The Morgan fingerprint density at radius 3 is 1.33 bits per heavy atom. The standard InChI is InChI=1S/C18H19N3O4S.C14H9ClN2O2S.C14H10N2O3S.C4H11NO2.C4H8O.Cl2OS/c1-11-15(17(24)19-6-8-25-9-7-22)21-18(26-11)16(23)13-10-20-14-5-3-2-4-12(13)14;1-7-11(13(15)19)17-14(20-7)12(18)9-6-16-10-5-3-2-4-8(9)10;1-7-11(14(18)19)16-13(20-7)12(17)9-6-15-10-5-3-2-4-8(9)10;5-1-3-7-4-2-6;1-2-4-5-3-1;1-4(2)3/h2-5,10,20,22H,6-9H2,1H3,(H,19,24);2-6,16H,1H3;2-6,15H,1H3,(H,18,19);6H,1-5H2;1-4H2;. The van der Waals surface area contributed by atoms with Crippen LogP contribution in [0.3, 0.4) is 0 Å². The summed E-state index contributed by atoms with van der Waals surface area (Å²) >= 11 is 8.92. The number of nitrogens with zero attached hydrogens (tertiary/aromatic N) is 3. The van der Waals surface area contributed by atoms with Crippen molar-refractivity contribution in [1.29, 1.82) is 0 Å². The molecule has 0 spiro atoms. The molecular weight excluding hydrogens is 1200 g/mol. The van der Waals surface area contributed by atoms with Crippen LogP contribution in [0.4, 0.5) is 0 Å². The zero-order chi connectivity index (χ0) is 59.7. The van der Waals surface area contributed by atoms with Crippen molar-refractivity contribution in [3.63, 3.8) is 0 Å². The summed E-state index contributed by atoms with van der Waals surface area (Å²) in [5.41, 5.74) is 9.63. The molecule has 1 saturated heterocycles. The molecule has 0 saturated carbocycles. The second-order valence-electron chi connectivity index (χ2n) is 16.8. The van der Waals surface area contributed by atoms with Crippen molar-refractivity contribution in [1.82, 2.24) is 35.2 Å². The molecule has 1 aliphatic heterocycles. The number of para-hydroxylation sites is 3. The number of thiazole rings is 3. The van der Waals surface area contributed by atoms with Gasteiger partial charge < -0.3 is 55.5 Å². The molecule has 0 aliphatic carbocycles. The first-order chi connectivity index (χ1) is 39.4. The first-order valence-corrected chi connectivity index (χ1v) is 30.4. The van der Waals surface area contributed by atoms with Crippen LogP contribution >= 0.6 is 67.0 Å². The van der Waals surface area contributed by atoms with Crippen LogP contribution in [0.1, 0.15) is 105 Å². The molecule has 1 fully saturated rings. The lowest BCUT2D eigenvalue weighted by Gasteiger charge is -2.04. The van der Waals surface area contributed by atoms with Crippen molar-refractivity contribution < 1.29 is 62.5 Å². The molecule has 9 aromatic rings. The van der Waals surface area contributed by atoms with Gasteiger partial charge in [0.1, 0.15) is 11.4 Å².